The van der Waals surface area contributed by atoms with Crippen LogP contribution < -0.4 is 5.56 Å². The van der Waals surface area contributed by atoms with Crippen LogP contribution in [0.2, 0.25) is 0 Å². The molecule has 0 aliphatic rings. The summed E-state index contributed by atoms with van der Waals surface area (Å²) >= 11 is 0. The molecule has 0 aliphatic carbocycles. The molecule has 0 bridgehead atoms. The van der Waals surface area contributed by atoms with Crippen molar-refractivity contribution < 1.29 is 13.9 Å². The molecule has 3 aromatic rings. The largest absolute Gasteiger partial charge is 0.457 e. The number of H-pyrrole nitrogens is 1. The van der Waals surface area contributed by atoms with E-state index in [1.807, 2.05) is 0 Å². The van der Waals surface area contributed by atoms with Crippen LogP contribution in [-0.4, -0.2) is 11.0 Å². The first-order valence-electron chi connectivity index (χ1n) is 6.67. The van der Waals surface area contributed by atoms with E-state index in [1.54, 1.807) is 36.4 Å². The molecule has 1 heterocycles. The highest BCUT2D eigenvalue weighted by Crippen LogP contribution is 2.16. The van der Waals surface area contributed by atoms with Crippen LogP contribution in [0.1, 0.15) is 15.9 Å². The first kappa shape index (κ1) is 14.0. The Bertz CT molecular complexity index is 884. The number of aromatic amines is 1. The van der Waals surface area contributed by atoms with Crippen LogP contribution in [0.15, 0.2) is 59.4 Å². The van der Waals surface area contributed by atoms with Gasteiger partial charge in [0.15, 0.2) is 0 Å². The average molecular weight is 297 g/mol. The molecule has 0 saturated heterocycles. The number of rotatable bonds is 3. The van der Waals surface area contributed by atoms with Crippen LogP contribution in [0.5, 0.6) is 0 Å². The topological polar surface area (TPSA) is 59.2 Å². The van der Waals surface area contributed by atoms with Crippen LogP contribution >= 0.6 is 0 Å². The lowest BCUT2D eigenvalue weighted by atomic mass is 10.1. The minimum absolute atomic E-state index is 0.0141. The number of aromatic nitrogens is 1. The molecule has 0 radical (unpaired) electrons. The fourth-order valence-corrected chi connectivity index (χ4v) is 2.18. The molecule has 0 atom stereocenters. The molecular weight excluding hydrogens is 285 g/mol. The maximum absolute atomic E-state index is 12.8. The van der Waals surface area contributed by atoms with Crippen molar-refractivity contribution in [1.82, 2.24) is 4.98 Å². The summed E-state index contributed by atoms with van der Waals surface area (Å²) in [5.41, 5.74) is 1.08. The van der Waals surface area contributed by atoms with E-state index in [-0.39, 0.29) is 23.5 Å². The third-order valence-electron chi connectivity index (χ3n) is 3.25. The Hall–Kier alpha value is -2.95. The van der Waals surface area contributed by atoms with Crippen LogP contribution in [0, 0.1) is 5.82 Å². The fourth-order valence-electron chi connectivity index (χ4n) is 2.18. The zero-order valence-corrected chi connectivity index (χ0v) is 11.5. The van der Waals surface area contributed by atoms with Gasteiger partial charge >= 0.3 is 5.97 Å². The van der Waals surface area contributed by atoms with E-state index in [4.69, 9.17) is 4.74 Å². The van der Waals surface area contributed by atoms with Crippen molar-refractivity contribution in [3.63, 3.8) is 0 Å². The van der Waals surface area contributed by atoms with Crippen molar-refractivity contribution in [3.05, 3.63) is 81.9 Å². The Morgan fingerprint density at radius 3 is 2.59 bits per heavy atom. The Kier molecular flexibility index (Phi) is 3.70. The molecule has 22 heavy (non-hydrogen) atoms. The predicted octanol–water partition coefficient (Wildman–Crippen LogP) is 3.02. The molecule has 0 unspecified atom stereocenters. The highest BCUT2D eigenvalue weighted by Gasteiger charge is 2.13. The van der Waals surface area contributed by atoms with Gasteiger partial charge in [-0.15, -0.1) is 0 Å². The molecule has 5 heteroatoms. The molecule has 0 spiro atoms. The Balaban J connectivity index is 1.86. The second-order valence-corrected chi connectivity index (χ2v) is 4.80. The lowest BCUT2D eigenvalue weighted by Crippen LogP contribution is -2.12. The number of fused-ring (bicyclic) bond motifs is 1. The van der Waals surface area contributed by atoms with Gasteiger partial charge in [-0.1, -0.05) is 30.3 Å². The van der Waals surface area contributed by atoms with Crippen LogP contribution in [0.25, 0.3) is 10.9 Å². The number of esters is 1. The number of para-hydroxylation sites is 1. The van der Waals surface area contributed by atoms with Crippen molar-refractivity contribution in [2.45, 2.75) is 6.61 Å². The predicted molar refractivity (Wildman–Crippen MR) is 80.1 cm³/mol. The van der Waals surface area contributed by atoms with E-state index in [9.17, 15) is 14.0 Å². The maximum Gasteiger partial charge on any atom is 0.339 e. The molecule has 0 aliphatic heterocycles. The lowest BCUT2D eigenvalue weighted by Gasteiger charge is -2.07. The lowest BCUT2D eigenvalue weighted by molar-refractivity contribution is 0.0475. The van der Waals surface area contributed by atoms with E-state index in [0.29, 0.717) is 16.5 Å². The van der Waals surface area contributed by atoms with Gasteiger partial charge in [0.2, 0.25) is 5.56 Å². The molecule has 2 aromatic carbocycles. The van der Waals surface area contributed by atoms with Gasteiger partial charge in [0.1, 0.15) is 12.4 Å². The molecule has 3 rings (SSSR count). The van der Waals surface area contributed by atoms with Gasteiger partial charge < -0.3 is 9.72 Å². The van der Waals surface area contributed by atoms with Crippen LogP contribution in [0.4, 0.5) is 4.39 Å². The summed E-state index contributed by atoms with van der Waals surface area (Å²) in [6.45, 7) is 0.0141. The van der Waals surface area contributed by atoms with Crippen molar-refractivity contribution in [2.75, 3.05) is 0 Å². The first-order chi connectivity index (χ1) is 10.6. The number of ether oxygens (including phenoxy) is 1. The molecule has 0 saturated carbocycles. The van der Waals surface area contributed by atoms with Gasteiger partial charge in [0.05, 0.1) is 5.56 Å². The number of halogens is 1. The van der Waals surface area contributed by atoms with Gasteiger partial charge in [-0.25, -0.2) is 9.18 Å². The van der Waals surface area contributed by atoms with E-state index in [2.05, 4.69) is 4.98 Å². The fraction of sp³-hybridized carbons (Fsp3) is 0.0588. The van der Waals surface area contributed by atoms with Gasteiger partial charge in [-0.05, 0) is 23.8 Å². The molecule has 110 valence electrons. The number of nitrogens with one attached hydrogen (secondary N) is 1. The van der Waals surface area contributed by atoms with Crippen molar-refractivity contribution in [1.29, 1.82) is 0 Å². The summed E-state index contributed by atoms with van der Waals surface area (Å²) in [4.78, 5) is 26.5. The highest BCUT2D eigenvalue weighted by atomic mass is 19.1. The van der Waals surface area contributed by atoms with E-state index in [1.165, 1.54) is 18.2 Å². The third-order valence-corrected chi connectivity index (χ3v) is 3.25. The highest BCUT2D eigenvalue weighted by molar-refractivity contribution is 6.03. The summed E-state index contributed by atoms with van der Waals surface area (Å²) in [7, 11) is 0. The van der Waals surface area contributed by atoms with Crippen LogP contribution in [-0.2, 0) is 11.3 Å². The average Bonchev–Trinajstić information content (AvgIpc) is 2.53. The second-order valence-electron chi connectivity index (χ2n) is 4.80. The van der Waals surface area contributed by atoms with Gasteiger partial charge in [0.25, 0.3) is 0 Å². The molecular formula is C17H12FNO3. The normalized spacial score (nSPS) is 10.6. The zero-order chi connectivity index (χ0) is 15.5. The van der Waals surface area contributed by atoms with Gasteiger partial charge in [-0.2, -0.15) is 0 Å². The third kappa shape index (κ3) is 2.88. The molecule has 1 N–H and O–H groups in total. The number of pyridine rings is 1. The van der Waals surface area contributed by atoms with Gasteiger partial charge in [-0.3, -0.25) is 4.79 Å². The standard InChI is InChI=1S/C17H12FNO3/c18-12-7-5-11(6-8-12)10-22-17(21)14-9-16(20)19-15-4-2-1-3-13(14)15/h1-9H,10H2,(H,19,20). The zero-order valence-electron chi connectivity index (χ0n) is 11.5. The quantitative estimate of drug-likeness (QED) is 0.756. The van der Waals surface area contributed by atoms with Crippen molar-refractivity contribution in [2.24, 2.45) is 0 Å². The number of carbonyl (C=O) groups excluding carboxylic acids is 1. The SMILES string of the molecule is O=C(OCc1ccc(F)cc1)c1cc(=O)[nH]c2ccccc12. The summed E-state index contributed by atoms with van der Waals surface area (Å²) in [5.74, 6) is -0.942. The summed E-state index contributed by atoms with van der Waals surface area (Å²) < 4.78 is 18.0. The molecule has 0 fully saturated rings. The monoisotopic (exact) mass is 297 g/mol. The van der Waals surface area contributed by atoms with E-state index >= 15 is 0 Å². The van der Waals surface area contributed by atoms with Crippen molar-refractivity contribution in [3.8, 4) is 0 Å². The number of hydrogen-bond acceptors (Lipinski definition) is 3. The molecule has 4 nitrogen and oxygen atoms in total. The van der Waals surface area contributed by atoms with E-state index < -0.39 is 5.97 Å². The summed E-state index contributed by atoms with van der Waals surface area (Å²) in [6, 6.07) is 13.9. The Morgan fingerprint density at radius 1 is 1.09 bits per heavy atom. The summed E-state index contributed by atoms with van der Waals surface area (Å²) in [6.07, 6.45) is 0. The molecule has 0 amide bonds. The van der Waals surface area contributed by atoms with Crippen molar-refractivity contribution >= 4 is 16.9 Å². The smallest absolute Gasteiger partial charge is 0.339 e. The van der Waals surface area contributed by atoms with Crippen LogP contribution in [0.3, 0.4) is 0 Å². The second kappa shape index (κ2) is 5.81. The molecule has 1 aromatic heterocycles. The Labute approximate surface area is 125 Å². The minimum atomic E-state index is -0.591. The summed E-state index contributed by atoms with van der Waals surface area (Å²) in [5, 5.41) is 0.617. The number of hydrogen-bond donors (Lipinski definition) is 1. The first-order valence-corrected chi connectivity index (χ1v) is 6.67. The number of carbonyl (C=O) groups is 1. The Morgan fingerprint density at radius 2 is 1.82 bits per heavy atom. The minimum Gasteiger partial charge on any atom is -0.457 e. The number of benzene rings is 2. The van der Waals surface area contributed by atoms with Gasteiger partial charge in [0, 0.05) is 17.0 Å². The maximum atomic E-state index is 12.8. The van der Waals surface area contributed by atoms with E-state index in [0.717, 1.165) is 0 Å².